The molecule has 0 heterocycles. The summed E-state index contributed by atoms with van der Waals surface area (Å²) in [6, 6.07) is 2.28. The van der Waals surface area contributed by atoms with Crippen molar-refractivity contribution >= 4 is 21.7 Å². The third-order valence-corrected chi connectivity index (χ3v) is 2.54. The zero-order valence-corrected chi connectivity index (χ0v) is 9.48. The van der Waals surface area contributed by atoms with E-state index in [0.717, 1.165) is 6.07 Å². The van der Waals surface area contributed by atoms with Crippen LogP contribution in [0.3, 0.4) is 0 Å². The number of ketones is 1. The van der Waals surface area contributed by atoms with Crippen molar-refractivity contribution in [2.24, 2.45) is 5.73 Å². The van der Waals surface area contributed by atoms with Crippen molar-refractivity contribution in [1.29, 1.82) is 0 Å². The van der Waals surface area contributed by atoms with E-state index in [9.17, 15) is 13.6 Å². The van der Waals surface area contributed by atoms with E-state index in [0.29, 0.717) is 13.0 Å². The van der Waals surface area contributed by atoms with Gasteiger partial charge in [0, 0.05) is 6.42 Å². The zero-order chi connectivity index (χ0) is 11.4. The van der Waals surface area contributed by atoms with Crippen molar-refractivity contribution in [3.8, 4) is 0 Å². The molecular formula is C10H10BrF2NO. The first kappa shape index (κ1) is 12.3. The second-order valence-corrected chi connectivity index (χ2v) is 3.89. The molecule has 0 aliphatic heterocycles. The van der Waals surface area contributed by atoms with Gasteiger partial charge in [-0.15, -0.1) is 0 Å². The molecule has 0 unspecified atom stereocenters. The molecule has 0 bridgehead atoms. The van der Waals surface area contributed by atoms with Crippen LogP contribution >= 0.6 is 15.9 Å². The lowest BCUT2D eigenvalue weighted by atomic mass is 10.1. The molecule has 0 aliphatic rings. The lowest BCUT2D eigenvalue weighted by Gasteiger charge is -2.04. The largest absolute Gasteiger partial charge is 0.330 e. The summed E-state index contributed by atoms with van der Waals surface area (Å²) in [5, 5.41) is 0. The van der Waals surface area contributed by atoms with Gasteiger partial charge in [-0.2, -0.15) is 0 Å². The number of carbonyl (C=O) groups is 1. The minimum atomic E-state index is -0.850. The molecule has 0 fully saturated rings. The molecule has 15 heavy (non-hydrogen) atoms. The van der Waals surface area contributed by atoms with E-state index < -0.39 is 23.0 Å². The van der Waals surface area contributed by atoms with Gasteiger partial charge in [0.1, 0.15) is 5.82 Å². The minimum absolute atomic E-state index is 0.0563. The second-order valence-electron chi connectivity index (χ2n) is 3.03. The predicted octanol–water partition coefficient (Wildman–Crippen LogP) is 2.65. The van der Waals surface area contributed by atoms with E-state index in [-0.39, 0.29) is 10.9 Å². The van der Waals surface area contributed by atoms with Crippen LogP contribution in [-0.4, -0.2) is 12.3 Å². The van der Waals surface area contributed by atoms with E-state index in [1.807, 2.05) is 0 Å². The fourth-order valence-electron chi connectivity index (χ4n) is 1.17. The van der Waals surface area contributed by atoms with Crippen LogP contribution in [0.5, 0.6) is 0 Å². The summed E-state index contributed by atoms with van der Waals surface area (Å²) in [5.74, 6) is -2.24. The molecule has 0 saturated heterocycles. The Labute approximate surface area is 94.6 Å². The summed E-state index contributed by atoms with van der Waals surface area (Å²) in [5.41, 5.74) is 4.72. The van der Waals surface area contributed by atoms with Crippen LogP contribution in [0, 0.1) is 11.6 Å². The molecule has 0 amide bonds. The Bertz CT molecular complexity index is 382. The first-order valence-corrected chi connectivity index (χ1v) is 5.24. The molecule has 0 aromatic heterocycles. The summed E-state index contributed by atoms with van der Waals surface area (Å²) in [6.07, 6.45) is 0.477. The average molecular weight is 278 g/mol. The number of hydrogen-bond donors (Lipinski definition) is 1. The Morgan fingerprint density at radius 3 is 2.67 bits per heavy atom. The fraction of sp³-hybridized carbons (Fsp3) is 0.300. The number of rotatable bonds is 4. The molecule has 0 spiro atoms. The van der Waals surface area contributed by atoms with Gasteiger partial charge in [0.15, 0.2) is 11.6 Å². The van der Waals surface area contributed by atoms with E-state index in [1.165, 1.54) is 6.07 Å². The molecule has 2 nitrogen and oxygen atoms in total. The van der Waals surface area contributed by atoms with Crippen molar-refractivity contribution in [3.63, 3.8) is 0 Å². The van der Waals surface area contributed by atoms with Crippen LogP contribution in [0.15, 0.2) is 16.6 Å². The summed E-state index contributed by atoms with van der Waals surface area (Å²) < 4.78 is 26.7. The Morgan fingerprint density at radius 1 is 1.40 bits per heavy atom. The quantitative estimate of drug-likeness (QED) is 0.679. The molecule has 1 aromatic carbocycles. The maximum absolute atomic E-state index is 13.4. The monoisotopic (exact) mass is 277 g/mol. The molecule has 0 radical (unpaired) electrons. The zero-order valence-electron chi connectivity index (χ0n) is 7.90. The van der Waals surface area contributed by atoms with Gasteiger partial charge in [0.25, 0.3) is 0 Å². The predicted molar refractivity (Wildman–Crippen MR) is 56.7 cm³/mol. The van der Waals surface area contributed by atoms with Gasteiger partial charge in [0.05, 0.1) is 10.0 Å². The van der Waals surface area contributed by atoms with Gasteiger partial charge in [-0.05, 0) is 41.0 Å². The molecule has 82 valence electrons. The summed E-state index contributed by atoms with van der Waals surface area (Å²) in [6.45, 7) is 0.322. The molecule has 1 aromatic rings. The lowest BCUT2D eigenvalue weighted by Crippen LogP contribution is -2.09. The molecule has 0 aliphatic carbocycles. The standard InChI is InChI=1S/C10H10BrF2NO/c11-6-3-4-7(12)9(10(6)13)8(15)2-1-5-14/h3-4H,1-2,5,14H2. The highest BCUT2D eigenvalue weighted by Crippen LogP contribution is 2.22. The highest BCUT2D eigenvalue weighted by molar-refractivity contribution is 9.10. The fourth-order valence-corrected chi connectivity index (χ4v) is 1.50. The Kier molecular flexibility index (Phi) is 4.35. The topological polar surface area (TPSA) is 43.1 Å². The molecular weight excluding hydrogens is 268 g/mol. The summed E-state index contributed by atoms with van der Waals surface area (Å²) in [4.78, 5) is 11.4. The van der Waals surface area contributed by atoms with Crippen LogP contribution in [0.4, 0.5) is 8.78 Å². The number of halogens is 3. The molecule has 1 rings (SSSR count). The molecule has 0 atom stereocenters. The normalized spacial score (nSPS) is 10.4. The number of carbonyl (C=O) groups excluding carboxylic acids is 1. The average Bonchev–Trinajstić information content (AvgIpc) is 2.21. The first-order valence-electron chi connectivity index (χ1n) is 4.44. The molecule has 2 N–H and O–H groups in total. The van der Waals surface area contributed by atoms with E-state index in [4.69, 9.17) is 5.73 Å². The van der Waals surface area contributed by atoms with Crippen molar-refractivity contribution in [2.75, 3.05) is 6.54 Å². The van der Waals surface area contributed by atoms with Crippen molar-refractivity contribution in [2.45, 2.75) is 12.8 Å². The number of benzene rings is 1. The highest BCUT2D eigenvalue weighted by Gasteiger charge is 2.18. The maximum atomic E-state index is 13.4. The van der Waals surface area contributed by atoms with Gasteiger partial charge >= 0.3 is 0 Å². The molecule has 5 heteroatoms. The third-order valence-electron chi connectivity index (χ3n) is 1.93. The second kappa shape index (κ2) is 5.32. The summed E-state index contributed by atoms with van der Waals surface area (Å²) >= 11 is 2.90. The van der Waals surface area contributed by atoms with E-state index >= 15 is 0 Å². The summed E-state index contributed by atoms with van der Waals surface area (Å²) in [7, 11) is 0. The van der Waals surface area contributed by atoms with Crippen LogP contribution in [0.25, 0.3) is 0 Å². The van der Waals surface area contributed by atoms with E-state index in [1.54, 1.807) is 0 Å². The Hall–Kier alpha value is -0.810. The van der Waals surface area contributed by atoms with E-state index in [2.05, 4.69) is 15.9 Å². The highest BCUT2D eigenvalue weighted by atomic mass is 79.9. The minimum Gasteiger partial charge on any atom is -0.330 e. The number of Topliss-reactive ketones (excluding diaryl/α,β-unsaturated/α-hetero) is 1. The van der Waals surface area contributed by atoms with Crippen molar-refractivity contribution < 1.29 is 13.6 Å². The van der Waals surface area contributed by atoms with Crippen LogP contribution in [0.1, 0.15) is 23.2 Å². The maximum Gasteiger partial charge on any atom is 0.168 e. The van der Waals surface area contributed by atoms with Gasteiger partial charge in [-0.3, -0.25) is 4.79 Å². The van der Waals surface area contributed by atoms with Crippen molar-refractivity contribution in [3.05, 3.63) is 33.8 Å². The van der Waals surface area contributed by atoms with Crippen LogP contribution < -0.4 is 5.73 Å². The van der Waals surface area contributed by atoms with Gasteiger partial charge < -0.3 is 5.73 Å². The third kappa shape index (κ3) is 2.82. The van der Waals surface area contributed by atoms with Gasteiger partial charge in [-0.25, -0.2) is 8.78 Å². The Morgan fingerprint density at radius 2 is 2.07 bits per heavy atom. The number of nitrogens with two attached hydrogens (primary N) is 1. The van der Waals surface area contributed by atoms with Crippen molar-refractivity contribution in [1.82, 2.24) is 0 Å². The van der Waals surface area contributed by atoms with Gasteiger partial charge in [-0.1, -0.05) is 0 Å². The SMILES string of the molecule is NCCCC(=O)c1c(F)ccc(Br)c1F. The van der Waals surface area contributed by atoms with Crippen LogP contribution in [0.2, 0.25) is 0 Å². The van der Waals surface area contributed by atoms with Gasteiger partial charge in [0.2, 0.25) is 0 Å². The first-order chi connectivity index (χ1) is 7.07. The smallest absolute Gasteiger partial charge is 0.168 e. The molecule has 0 saturated carbocycles. The number of hydrogen-bond acceptors (Lipinski definition) is 2. The lowest BCUT2D eigenvalue weighted by molar-refractivity contribution is 0.0972. The Balaban J connectivity index is 3.02. The van der Waals surface area contributed by atoms with Crippen LogP contribution in [-0.2, 0) is 0 Å².